The van der Waals surface area contributed by atoms with Crippen LogP contribution in [-0.2, 0) is 20.7 Å². The maximum absolute atomic E-state index is 13.8. The van der Waals surface area contributed by atoms with Gasteiger partial charge in [0.1, 0.15) is 18.2 Å². The van der Waals surface area contributed by atoms with Crippen LogP contribution in [0.2, 0.25) is 5.02 Å². The summed E-state index contributed by atoms with van der Waals surface area (Å²) in [6.45, 7) is 2.62. The number of nitrogens with zero attached hydrogens (tertiary/aromatic N) is 3. The molecule has 1 aliphatic heterocycles. The lowest BCUT2D eigenvalue weighted by atomic mass is 10.1. The van der Waals surface area contributed by atoms with Gasteiger partial charge in [-0.25, -0.2) is 14.2 Å². The van der Waals surface area contributed by atoms with Gasteiger partial charge in [-0.3, -0.25) is 14.9 Å². The van der Waals surface area contributed by atoms with Crippen LogP contribution in [0.1, 0.15) is 32.3 Å². The maximum Gasteiger partial charge on any atom is 0.412 e. The van der Waals surface area contributed by atoms with Gasteiger partial charge < -0.3 is 19.9 Å². The lowest BCUT2D eigenvalue weighted by Crippen LogP contribution is -2.47. The van der Waals surface area contributed by atoms with Gasteiger partial charge in [-0.2, -0.15) is 0 Å². The molecule has 3 aromatic rings. The van der Waals surface area contributed by atoms with Crippen LogP contribution in [0.25, 0.3) is 10.8 Å². The number of aromatic nitrogens is 1. The number of piperazine rings is 1. The smallest absolute Gasteiger partial charge is 0.412 e. The monoisotopic (exact) mass is 585 g/mol. The van der Waals surface area contributed by atoms with Crippen LogP contribution in [0.15, 0.2) is 54.7 Å². The summed E-state index contributed by atoms with van der Waals surface area (Å²) in [5.74, 6) is -0.445. The molecule has 0 radical (unpaired) electrons. The van der Waals surface area contributed by atoms with Crippen molar-refractivity contribution in [2.75, 3.05) is 45.2 Å². The summed E-state index contributed by atoms with van der Waals surface area (Å²) in [5.41, 5.74) is 0.535. The summed E-state index contributed by atoms with van der Waals surface area (Å²) in [5, 5.41) is 7.70. The normalized spacial score (nSPS) is 13.7. The van der Waals surface area contributed by atoms with E-state index in [2.05, 4.69) is 15.6 Å². The number of fused-ring (bicyclic) bond motifs is 1. The Bertz CT molecular complexity index is 1350. The number of rotatable bonds is 10. The van der Waals surface area contributed by atoms with E-state index in [9.17, 15) is 18.8 Å². The summed E-state index contributed by atoms with van der Waals surface area (Å²) >= 11 is 6.04. The van der Waals surface area contributed by atoms with Crippen LogP contribution in [0.5, 0.6) is 0 Å². The van der Waals surface area contributed by atoms with E-state index < -0.39 is 18.0 Å². The number of halogens is 2. The molecule has 0 aliphatic carbocycles. The topological polar surface area (TPSA) is 104 Å². The van der Waals surface area contributed by atoms with Crippen LogP contribution in [0, 0.1) is 5.82 Å². The van der Waals surface area contributed by atoms with Gasteiger partial charge in [-0.05, 0) is 35.9 Å². The third-order valence-electron chi connectivity index (χ3n) is 7.01. The first-order chi connectivity index (χ1) is 19.3. The lowest BCUT2D eigenvalue weighted by molar-refractivity contribution is -0.135. The number of ether oxygens (including phenoxy) is 1. The Labute approximate surface area is 245 Å². The number of carbonyl (C=O) groups is 3. The minimum atomic E-state index is -0.714. The van der Waals surface area contributed by atoms with Gasteiger partial charge in [0.05, 0.1) is 11.1 Å². The third-order valence-corrected chi connectivity index (χ3v) is 7.43. The average Bonchev–Trinajstić information content (AvgIpc) is 2.97. The number of nitrogens with one attached hydrogen (secondary N) is 2. The molecule has 1 saturated heterocycles. The Balaban J connectivity index is 0.00000462. The average molecular weight is 586 g/mol. The highest BCUT2D eigenvalue weighted by Gasteiger charge is 2.25. The summed E-state index contributed by atoms with van der Waals surface area (Å²) in [6.07, 6.45) is 1.79. The fourth-order valence-electron chi connectivity index (χ4n) is 4.58. The van der Waals surface area contributed by atoms with Gasteiger partial charge in [-0.1, -0.05) is 55.4 Å². The zero-order chi connectivity index (χ0) is 28.5. The zero-order valence-electron chi connectivity index (χ0n) is 22.4. The van der Waals surface area contributed by atoms with Gasteiger partial charge >= 0.3 is 6.09 Å². The van der Waals surface area contributed by atoms with Crippen molar-refractivity contribution in [1.29, 1.82) is 0 Å². The Kier molecular flexibility index (Phi) is 11.9. The van der Waals surface area contributed by atoms with Crippen molar-refractivity contribution in [2.24, 2.45) is 0 Å². The second kappa shape index (κ2) is 15.3. The number of aryl methyl sites for hydroxylation is 1. The number of hydrogen-bond donors (Lipinski definition) is 2. The minimum absolute atomic E-state index is 0. The van der Waals surface area contributed by atoms with Crippen LogP contribution >= 0.6 is 11.6 Å². The fraction of sp³-hybridized carbons (Fsp3) is 0.400. The van der Waals surface area contributed by atoms with Crippen LogP contribution in [0.4, 0.5) is 15.0 Å². The predicted molar refractivity (Wildman–Crippen MR) is 158 cm³/mol. The zero-order valence-corrected chi connectivity index (χ0v) is 23.1. The first kappa shape index (κ1) is 31.8. The van der Waals surface area contributed by atoms with Crippen molar-refractivity contribution in [3.63, 3.8) is 0 Å². The Morgan fingerprint density at radius 2 is 1.85 bits per heavy atom. The molecule has 9 nitrogen and oxygen atoms in total. The molecule has 1 aromatic heterocycles. The van der Waals surface area contributed by atoms with Gasteiger partial charge in [-0.15, -0.1) is 0 Å². The van der Waals surface area contributed by atoms with Crippen molar-refractivity contribution in [2.45, 2.75) is 39.2 Å². The molecule has 0 unspecified atom stereocenters. The van der Waals surface area contributed by atoms with E-state index in [-0.39, 0.29) is 50.1 Å². The number of likely N-dealkylation sites (N-methyl/N-ethyl adjacent to an activating group) is 1. The summed E-state index contributed by atoms with van der Waals surface area (Å²) in [4.78, 5) is 46.0. The van der Waals surface area contributed by atoms with E-state index in [4.69, 9.17) is 16.3 Å². The third kappa shape index (κ3) is 8.86. The molecular weight excluding hydrogens is 549 g/mol. The second-order valence-corrected chi connectivity index (χ2v) is 10.1. The van der Waals surface area contributed by atoms with Gasteiger partial charge in [0.2, 0.25) is 11.8 Å². The van der Waals surface area contributed by atoms with E-state index in [1.807, 2.05) is 24.3 Å². The van der Waals surface area contributed by atoms with Crippen molar-refractivity contribution in [3.8, 4) is 0 Å². The Hall–Kier alpha value is -3.76. The summed E-state index contributed by atoms with van der Waals surface area (Å²) < 4.78 is 19.3. The molecule has 220 valence electrons. The molecule has 0 saturated carbocycles. The number of hydrogen-bond acceptors (Lipinski definition) is 6. The number of carbonyl (C=O) groups excluding carboxylic acids is 3. The molecule has 2 heterocycles. The van der Waals surface area contributed by atoms with E-state index in [0.717, 1.165) is 23.9 Å². The van der Waals surface area contributed by atoms with Crippen LogP contribution in [-0.4, -0.2) is 78.6 Å². The molecule has 41 heavy (non-hydrogen) atoms. The molecule has 0 bridgehead atoms. The molecule has 2 N–H and O–H groups in total. The fourth-order valence-corrected chi connectivity index (χ4v) is 4.80. The molecular formula is C30H37ClFN5O4. The number of amides is 3. The first-order valence-corrected chi connectivity index (χ1v) is 13.6. The first-order valence-electron chi connectivity index (χ1n) is 13.3. The number of anilines is 1. The standard InChI is InChI=1S/C29H33ClFN5O4.CH4/c1-35(26(37)11-9-20-7-4-8-24(31)28(20)30)23(10-12-27(38)36-15-13-32-14-16-36)19-40-29(39)34-25-17-21-5-2-3-6-22(21)18-33-25;/h2-8,17-18,23,32H,9-16,19H2,1H3,(H,33,34,39);1H4/t23-;/m1./s1. The highest BCUT2D eigenvalue weighted by molar-refractivity contribution is 6.31. The van der Waals surface area contributed by atoms with Crippen molar-refractivity contribution < 1.29 is 23.5 Å². The predicted octanol–water partition coefficient (Wildman–Crippen LogP) is 4.88. The summed E-state index contributed by atoms with van der Waals surface area (Å²) in [6, 6.07) is 13.3. The lowest BCUT2D eigenvalue weighted by Gasteiger charge is -2.30. The molecule has 11 heteroatoms. The van der Waals surface area contributed by atoms with E-state index in [0.29, 0.717) is 30.9 Å². The van der Waals surface area contributed by atoms with E-state index in [1.54, 1.807) is 36.3 Å². The van der Waals surface area contributed by atoms with Crippen LogP contribution < -0.4 is 10.6 Å². The molecule has 0 spiro atoms. The molecule has 4 rings (SSSR count). The van der Waals surface area contributed by atoms with Crippen molar-refractivity contribution in [3.05, 3.63) is 71.1 Å². The SMILES string of the molecule is C.CN(C(=O)CCc1cccc(F)c1Cl)[C@H](CCC(=O)N1CCNCC1)COC(=O)Nc1cc2ccccc2cn1. The highest BCUT2D eigenvalue weighted by Crippen LogP contribution is 2.22. The number of benzene rings is 2. The Morgan fingerprint density at radius 1 is 1.12 bits per heavy atom. The van der Waals surface area contributed by atoms with Gasteiger partial charge in [0, 0.05) is 57.7 Å². The van der Waals surface area contributed by atoms with Crippen LogP contribution in [0.3, 0.4) is 0 Å². The largest absolute Gasteiger partial charge is 0.447 e. The van der Waals surface area contributed by atoms with E-state index >= 15 is 0 Å². The van der Waals surface area contributed by atoms with Gasteiger partial charge in [0.15, 0.2) is 0 Å². The quantitative estimate of drug-likeness (QED) is 0.351. The number of pyridine rings is 1. The molecule has 1 atom stereocenters. The maximum atomic E-state index is 13.8. The van der Waals surface area contributed by atoms with Crippen molar-refractivity contribution in [1.82, 2.24) is 20.1 Å². The van der Waals surface area contributed by atoms with E-state index in [1.165, 1.54) is 11.0 Å². The summed E-state index contributed by atoms with van der Waals surface area (Å²) in [7, 11) is 1.61. The van der Waals surface area contributed by atoms with Crippen molar-refractivity contribution >= 4 is 46.1 Å². The van der Waals surface area contributed by atoms with Gasteiger partial charge in [0.25, 0.3) is 0 Å². The molecule has 2 aromatic carbocycles. The molecule has 1 aliphatic rings. The Morgan fingerprint density at radius 3 is 2.61 bits per heavy atom. The molecule has 1 fully saturated rings. The highest BCUT2D eigenvalue weighted by atomic mass is 35.5. The second-order valence-electron chi connectivity index (χ2n) is 9.68. The minimum Gasteiger partial charge on any atom is -0.447 e. The molecule has 3 amide bonds.